The van der Waals surface area contributed by atoms with E-state index in [1.807, 2.05) is 0 Å². The van der Waals surface area contributed by atoms with Gasteiger partial charge in [-0.3, -0.25) is 4.90 Å². The third kappa shape index (κ3) is 2.90. The highest BCUT2D eigenvalue weighted by Crippen LogP contribution is 2.43. The first-order valence-electron chi connectivity index (χ1n) is 8.12. The molecule has 2 aromatic carbocycles. The number of hydrogen-bond acceptors (Lipinski definition) is 4. The summed E-state index contributed by atoms with van der Waals surface area (Å²) < 4.78 is 36.1. The van der Waals surface area contributed by atoms with Crippen LogP contribution >= 0.6 is 15.9 Å². The largest absolute Gasteiger partial charge is 0.507 e. The number of phenolic OH excluding ortho intramolecular Hbond substituents is 1. The van der Waals surface area contributed by atoms with Gasteiger partial charge in [0.15, 0.2) is 11.6 Å². The van der Waals surface area contributed by atoms with Gasteiger partial charge in [0.25, 0.3) is 0 Å². The van der Waals surface area contributed by atoms with E-state index in [9.17, 15) is 9.50 Å². The fourth-order valence-corrected chi connectivity index (χ4v) is 4.04. The quantitative estimate of drug-likeness (QED) is 0.757. The van der Waals surface area contributed by atoms with E-state index in [0.29, 0.717) is 23.2 Å². The lowest BCUT2D eigenvalue weighted by Crippen LogP contribution is -2.52. The molecule has 2 aliphatic rings. The van der Waals surface area contributed by atoms with E-state index in [0.717, 1.165) is 19.6 Å². The third-order valence-electron chi connectivity index (χ3n) is 4.76. The van der Waals surface area contributed by atoms with Crippen molar-refractivity contribution in [1.82, 2.24) is 10.2 Å². The Hall–Kier alpha value is -1.70. The molecule has 132 valence electrons. The highest BCUT2D eigenvalue weighted by atomic mass is 79.9. The fourth-order valence-electron chi connectivity index (χ4n) is 3.49. The fraction of sp³-hybridized carbons (Fsp3) is 0.333. The summed E-state index contributed by atoms with van der Waals surface area (Å²) in [5.41, 5.74) is 0.309. The molecule has 2 N–H and O–H groups in total. The number of rotatable bonds is 1. The Bertz CT molecular complexity index is 811. The molecule has 0 saturated carbocycles. The van der Waals surface area contributed by atoms with Crippen LogP contribution in [-0.4, -0.2) is 42.3 Å². The number of halogens is 3. The van der Waals surface area contributed by atoms with Gasteiger partial charge in [-0.15, -0.1) is 0 Å². The van der Waals surface area contributed by atoms with Crippen molar-refractivity contribution in [2.24, 2.45) is 0 Å². The van der Waals surface area contributed by atoms with Gasteiger partial charge < -0.3 is 15.2 Å². The van der Waals surface area contributed by atoms with Gasteiger partial charge in [0, 0.05) is 41.8 Å². The van der Waals surface area contributed by atoms with E-state index in [2.05, 4.69) is 26.1 Å². The molecule has 0 unspecified atom stereocenters. The number of piperazine rings is 1. The monoisotopic (exact) mass is 410 g/mol. The Kier molecular flexibility index (Phi) is 4.39. The van der Waals surface area contributed by atoms with Crippen LogP contribution in [0, 0.1) is 11.6 Å². The molecule has 0 aromatic heterocycles. The van der Waals surface area contributed by atoms with E-state index < -0.39 is 11.6 Å². The minimum absolute atomic E-state index is 0.0703. The summed E-state index contributed by atoms with van der Waals surface area (Å²) in [4.78, 5) is 2.18. The van der Waals surface area contributed by atoms with Crippen LogP contribution in [0.2, 0.25) is 0 Å². The number of ether oxygens (including phenoxy) is 1. The average Bonchev–Trinajstić information content (AvgIpc) is 2.76. The van der Waals surface area contributed by atoms with Gasteiger partial charge >= 0.3 is 0 Å². The van der Waals surface area contributed by atoms with Gasteiger partial charge in [-0.05, 0) is 18.2 Å². The minimum Gasteiger partial charge on any atom is -0.507 e. The van der Waals surface area contributed by atoms with Crippen LogP contribution < -0.4 is 10.1 Å². The van der Waals surface area contributed by atoms with Crippen LogP contribution in [0.1, 0.15) is 5.56 Å². The third-order valence-corrected chi connectivity index (χ3v) is 5.42. The number of aromatic hydroxyl groups is 1. The maximum atomic E-state index is 15.2. The zero-order valence-electron chi connectivity index (χ0n) is 13.4. The first kappa shape index (κ1) is 16.8. The second kappa shape index (κ2) is 6.55. The molecule has 7 heteroatoms. The molecule has 0 spiro atoms. The molecule has 1 fully saturated rings. The van der Waals surface area contributed by atoms with Crippen molar-refractivity contribution < 1.29 is 18.6 Å². The minimum atomic E-state index is -0.773. The zero-order valence-corrected chi connectivity index (χ0v) is 14.9. The first-order valence-corrected chi connectivity index (χ1v) is 8.92. The molecule has 4 nitrogen and oxygen atoms in total. The van der Waals surface area contributed by atoms with Crippen LogP contribution in [0.25, 0.3) is 11.1 Å². The molecule has 0 amide bonds. The van der Waals surface area contributed by atoms with Crippen molar-refractivity contribution in [1.29, 1.82) is 0 Å². The van der Waals surface area contributed by atoms with E-state index >= 15 is 4.39 Å². The van der Waals surface area contributed by atoms with Gasteiger partial charge in [-0.2, -0.15) is 0 Å². The first-order chi connectivity index (χ1) is 12.1. The van der Waals surface area contributed by atoms with Crippen LogP contribution in [0.4, 0.5) is 8.78 Å². The lowest BCUT2D eigenvalue weighted by atomic mass is 10.00. The maximum absolute atomic E-state index is 15.2. The average molecular weight is 411 g/mol. The SMILES string of the molecule is Oc1cccc(Br)c1-c1c(F)cc2c(c1F)OC[C@H]1CNCCN1C2. The standard InChI is InChI=1S/C18H17BrF2N2O2/c19-12-2-1-3-14(24)15(12)16-13(20)6-10-8-23-5-4-22-7-11(23)9-25-18(10)17(16)21/h1-3,6,11,22,24H,4-5,7-9H2/t11-/m1/s1. The van der Waals surface area contributed by atoms with Crippen LogP contribution in [0.15, 0.2) is 28.7 Å². The van der Waals surface area contributed by atoms with Crippen LogP contribution in [-0.2, 0) is 6.54 Å². The predicted molar refractivity (Wildman–Crippen MR) is 93.7 cm³/mol. The molecule has 0 aliphatic carbocycles. The Morgan fingerprint density at radius 1 is 1.28 bits per heavy atom. The Morgan fingerprint density at radius 3 is 2.92 bits per heavy atom. The smallest absolute Gasteiger partial charge is 0.176 e. The predicted octanol–water partition coefficient (Wildman–Crippen LogP) is 3.27. The van der Waals surface area contributed by atoms with E-state index in [1.165, 1.54) is 12.1 Å². The van der Waals surface area contributed by atoms with Crippen LogP contribution in [0.5, 0.6) is 11.5 Å². The van der Waals surface area contributed by atoms with Crippen LogP contribution in [0.3, 0.4) is 0 Å². The number of phenols is 1. The molecule has 1 atom stereocenters. The normalized spacial score (nSPS) is 20.4. The number of nitrogens with one attached hydrogen (secondary N) is 1. The van der Waals surface area contributed by atoms with Gasteiger partial charge in [0.2, 0.25) is 0 Å². The van der Waals surface area contributed by atoms with Crippen molar-refractivity contribution in [2.75, 3.05) is 26.2 Å². The summed E-state index contributed by atoms with van der Waals surface area (Å²) in [6.07, 6.45) is 0. The Labute approximate surface area is 152 Å². The van der Waals surface area contributed by atoms with E-state index in [1.54, 1.807) is 12.1 Å². The van der Waals surface area contributed by atoms with Gasteiger partial charge in [0.05, 0.1) is 11.6 Å². The molecule has 2 heterocycles. The zero-order chi connectivity index (χ0) is 17.6. The molecule has 2 aromatic rings. The molecule has 25 heavy (non-hydrogen) atoms. The van der Waals surface area contributed by atoms with Crippen molar-refractivity contribution in [3.63, 3.8) is 0 Å². The Balaban J connectivity index is 1.84. The maximum Gasteiger partial charge on any atom is 0.176 e. The molecule has 0 radical (unpaired) electrons. The van der Waals surface area contributed by atoms with E-state index in [-0.39, 0.29) is 28.7 Å². The van der Waals surface area contributed by atoms with Crippen molar-refractivity contribution >= 4 is 15.9 Å². The Morgan fingerprint density at radius 2 is 2.12 bits per heavy atom. The number of benzene rings is 2. The molecule has 1 saturated heterocycles. The second-order valence-corrected chi connectivity index (χ2v) is 7.16. The van der Waals surface area contributed by atoms with Crippen molar-refractivity contribution in [3.8, 4) is 22.6 Å². The highest BCUT2D eigenvalue weighted by Gasteiger charge is 2.31. The van der Waals surface area contributed by atoms with Gasteiger partial charge in [-0.25, -0.2) is 8.78 Å². The molecular formula is C18H17BrF2N2O2. The molecule has 0 bridgehead atoms. The molecular weight excluding hydrogens is 394 g/mol. The van der Waals surface area contributed by atoms with Crippen molar-refractivity contribution in [2.45, 2.75) is 12.6 Å². The summed E-state index contributed by atoms with van der Waals surface area (Å²) >= 11 is 3.26. The summed E-state index contributed by atoms with van der Waals surface area (Å²) in [6, 6.07) is 6.08. The lowest BCUT2D eigenvalue weighted by Gasteiger charge is -2.33. The summed E-state index contributed by atoms with van der Waals surface area (Å²) in [5, 5.41) is 13.4. The number of fused-ring (bicyclic) bond motifs is 2. The summed E-state index contributed by atoms with van der Waals surface area (Å²) in [5.74, 6) is -1.61. The second-order valence-electron chi connectivity index (χ2n) is 6.31. The van der Waals surface area contributed by atoms with Gasteiger partial charge in [0.1, 0.15) is 18.2 Å². The summed E-state index contributed by atoms with van der Waals surface area (Å²) in [6.45, 7) is 3.20. The van der Waals surface area contributed by atoms with Gasteiger partial charge in [-0.1, -0.05) is 22.0 Å². The highest BCUT2D eigenvalue weighted by molar-refractivity contribution is 9.10. The van der Waals surface area contributed by atoms with Crippen molar-refractivity contribution in [3.05, 3.63) is 45.9 Å². The summed E-state index contributed by atoms with van der Waals surface area (Å²) in [7, 11) is 0. The molecule has 2 aliphatic heterocycles. The lowest BCUT2D eigenvalue weighted by molar-refractivity contribution is 0.119. The van der Waals surface area contributed by atoms with E-state index in [4.69, 9.17) is 4.74 Å². The molecule has 4 rings (SSSR count). The number of nitrogens with zero attached hydrogens (tertiary/aromatic N) is 1. The topological polar surface area (TPSA) is 44.7 Å². The number of hydrogen-bond donors (Lipinski definition) is 2.